The number of aromatic nitrogens is 2. The molecule has 0 atom stereocenters. The average molecular weight is 269 g/mol. The second-order valence-corrected chi connectivity index (χ2v) is 4.36. The van der Waals surface area contributed by atoms with Crippen LogP contribution in [0.3, 0.4) is 0 Å². The van der Waals surface area contributed by atoms with E-state index in [1.165, 1.54) is 12.4 Å². The number of halogens is 2. The number of nitrogens with zero attached hydrogens (tertiary/aromatic N) is 2. The van der Waals surface area contributed by atoms with Crippen LogP contribution in [0.2, 0.25) is 10.2 Å². The fraction of sp³-hybridized carbons (Fsp3) is 0.167. The molecule has 0 aliphatic rings. The summed E-state index contributed by atoms with van der Waals surface area (Å²) in [5.41, 5.74) is 1.89. The molecule has 3 nitrogen and oxygen atoms in total. The lowest BCUT2D eigenvalue weighted by atomic mass is 10.1. The summed E-state index contributed by atoms with van der Waals surface area (Å²) in [5, 5.41) is 0.973. The second kappa shape index (κ2) is 4.90. The topological polar surface area (TPSA) is 35.0 Å². The standard InChI is InChI=1S/C12H10Cl2N2O/c1-7-5-9(6-8(2)10(7)13)17-12-11(14)15-3-4-16-12/h3-6H,1-2H3. The van der Waals surface area contributed by atoms with Gasteiger partial charge >= 0.3 is 0 Å². The van der Waals surface area contributed by atoms with Crippen LogP contribution in [0.4, 0.5) is 0 Å². The van der Waals surface area contributed by atoms with Crippen LogP contribution in [0, 0.1) is 13.8 Å². The molecule has 0 N–H and O–H groups in total. The number of hydrogen-bond acceptors (Lipinski definition) is 3. The van der Waals surface area contributed by atoms with Gasteiger partial charge in [-0.15, -0.1) is 0 Å². The minimum atomic E-state index is 0.234. The van der Waals surface area contributed by atoms with Crippen molar-refractivity contribution in [3.63, 3.8) is 0 Å². The van der Waals surface area contributed by atoms with Crippen LogP contribution >= 0.6 is 23.2 Å². The maximum absolute atomic E-state index is 6.07. The van der Waals surface area contributed by atoms with E-state index in [4.69, 9.17) is 27.9 Å². The van der Waals surface area contributed by atoms with Crippen LogP contribution in [-0.2, 0) is 0 Å². The van der Waals surface area contributed by atoms with Crippen molar-refractivity contribution >= 4 is 23.2 Å². The molecule has 17 heavy (non-hydrogen) atoms. The average Bonchev–Trinajstić information content (AvgIpc) is 2.29. The molecule has 0 saturated heterocycles. The summed E-state index contributed by atoms with van der Waals surface area (Å²) in [6, 6.07) is 3.67. The van der Waals surface area contributed by atoms with E-state index < -0.39 is 0 Å². The third-order valence-electron chi connectivity index (χ3n) is 2.25. The number of rotatable bonds is 2. The van der Waals surface area contributed by atoms with Crippen LogP contribution in [0.25, 0.3) is 0 Å². The second-order valence-electron chi connectivity index (χ2n) is 3.63. The predicted molar refractivity (Wildman–Crippen MR) is 68.0 cm³/mol. The maximum Gasteiger partial charge on any atom is 0.257 e. The summed E-state index contributed by atoms with van der Waals surface area (Å²) >= 11 is 11.9. The summed E-state index contributed by atoms with van der Waals surface area (Å²) in [4.78, 5) is 7.90. The van der Waals surface area contributed by atoms with Gasteiger partial charge in [0.25, 0.3) is 5.88 Å². The minimum Gasteiger partial charge on any atom is -0.436 e. The van der Waals surface area contributed by atoms with Crippen LogP contribution in [0.5, 0.6) is 11.6 Å². The Morgan fingerprint density at radius 3 is 2.18 bits per heavy atom. The lowest BCUT2D eigenvalue weighted by Crippen LogP contribution is -1.92. The summed E-state index contributed by atoms with van der Waals surface area (Å²) in [7, 11) is 0. The molecule has 88 valence electrons. The zero-order valence-corrected chi connectivity index (χ0v) is 10.9. The molecule has 5 heteroatoms. The van der Waals surface area contributed by atoms with Gasteiger partial charge in [0.1, 0.15) is 5.75 Å². The van der Waals surface area contributed by atoms with Gasteiger partial charge in [0.15, 0.2) is 5.15 Å². The van der Waals surface area contributed by atoms with Crippen molar-refractivity contribution in [3.05, 3.63) is 45.8 Å². The Hall–Kier alpha value is -1.32. The van der Waals surface area contributed by atoms with E-state index in [-0.39, 0.29) is 11.0 Å². The lowest BCUT2D eigenvalue weighted by Gasteiger charge is -2.09. The fourth-order valence-electron chi connectivity index (χ4n) is 1.45. The molecule has 0 radical (unpaired) electrons. The Kier molecular flexibility index (Phi) is 3.50. The largest absolute Gasteiger partial charge is 0.436 e. The van der Waals surface area contributed by atoms with E-state index in [0.29, 0.717) is 5.75 Å². The number of hydrogen-bond donors (Lipinski definition) is 0. The molecule has 0 aliphatic heterocycles. The first-order valence-corrected chi connectivity index (χ1v) is 5.74. The van der Waals surface area contributed by atoms with E-state index in [1.54, 1.807) is 0 Å². The first-order chi connectivity index (χ1) is 8.08. The Morgan fingerprint density at radius 1 is 1.00 bits per heavy atom. The van der Waals surface area contributed by atoms with Gasteiger partial charge in [-0.25, -0.2) is 9.97 Å². The highest BCUT2D eigenvalue weighted by molar-refractivity contribution is 6.32. The Labute approximate surface area is 109 Å². The van der Waals surface area contributed by atoms with Gasteiger partial charge in [0.05, 0.1) is 0 Å². The molecule has 1 aromatic heterocycles. The van der Waals surface area contributed by atoms with Gasteiger partial charge in [-0.3, -0.25) is 0 Å². The maximum atomic E-state index is 6.07. The van der Waals surface area contributed by atoms with E-state index >= 15 is 0 Å². The molecule has 0 aliphatic carbocycles. The van der Waals surface area contributed by atoms with Crippen molar-refractivity contribution in [2.45, 2.75) is 13.8 Å². The monoisotopic (exact) mass is 268 g/mol. The zero-order valence-electron chi connectivity index (χ0n) is 9.37. The molecule has 0 saturated carbocycles. The third-order valence-corrected chi connectivity index (χ3v) is 3.10. The normalized spacial score (nSPS) is 10.4. The summed E-state index contributed by atoms with van der Waals surface area (Å²) < 4.78 is 5.56. The van der Waals surface area contributed by atoms with Crippen LogP contribution in [0.15, 0.2) is 24.5 Å². The molecule has 1 heterocycles. The summed E-state index contributed by atoms with van der Waals surface area (Å²) in [5.74, 6) is 0.932. The van der Waals surface area contributed by atoms with E-state index in [1.807, 2.05) is 26.0 Å². The van der Waals surface area contributed by atoms with E-state index in [9.17, 15) is 0 Å². The van der Waals surface area contributed by atoms with Gasteiger partial charge in [-0.05, 0) is 37.1 Å². The molecule has 0 unspecified atom stereocenters. The summed E-state index contributed by atoms with van der Waals surface area (Å²) in [6.07, 6.45) is 3.03. The summed E-state index contributed by atoms with van der Waals surface area (Å²) in [6.45, 7) is 3.83. The first-order valence-electron chi connectivity index (χ1n) is 4.99. The highest BCUT2D eigenvalue weighted by Crippen LogP contribution is 2.30. The quantitative estimate of drug-likeness (QED) is 0.819. The predicted octanol–water partition coefficient (Wildman–Crippen LogP) is 4.19. The highest BCUT2D eigenvalue weighted by atomic mass is 35.5. The van der Waals surface area contributed by atoms with Crippen molar-refractivity contribution < 1.29 is 4.74 Å². The van der Waals surface area contributed by atoms with Crippen LogP contribution in [0.1, 0.15) is 11.1 Å². The molecule has 0 fully saturated rings. The van der Waals surface area contributed by atoms with Gasteiger partial charge in [-0.2, -0.15) is 0 Å². The zero-order chi connectivity index (χ0) is 12.4. The SMILES string of the molecule is Cc1cc(Oc2nccnc2Cl)cc(C)c1Cl. The molecule has 0 amide bonds. The molecule has 0 bridgehead atoms. The van der Waals surface area contributed by atoms with Gasteiger partial charge in [-0.1, -0.05) is 23.2 Å². The van der Waals surface area contributed by atoms with Gasteiger partial charge in [0.2, 0.25) is 0 Å². The smallest absolute Gasteiger partial charge is 0.257 e. The molecule has 2 rings (SSSR count). The molecular weight excluding hydrogens is 259 g/mol. The fourth-order valence-corrected chi connectivity index (χ4v) is 1.71. The Morgan fingerprint density at radius 2 is 1.59 bits per heavy atom. The minimum absolute atomic E-state index is 0.234. The molecule has 1 aromatic carbocycles. The van der Waals surface area contributed by atoms with Crippen molar-refractivity contribution in [3.8, 4) is 11.6 Å². The van der Waals surface area contributed by atoms with E-state index in [2.05, 4.69) is 9.97 Å². The van der Waals surface area contributed by atoms with Crippen LogP contribution < -0.4 is 4.74 Å². The molecule has 0 spiro atoms. The number of ether oxygens (including phenoxy) is 1. The Bertz CT molecular complexity index is 535. The Balaban J connectivity index is 2.34. The number of benzene rings is 1. The molecular formula is C12H10Cl2N2O. The van der Waals surface area contributed by atoms with Crippen molar-refractivity contribution in [2.24, 2.45) is 0 Å². The van der Waals surface area contributed by atoms with Gasteiger partial charge in [0, 0.05) is 17.4 Å². The third kappa shape index (κ3) is 2.68. The van der Waals surface area contributed by atoms with Crippen LogP contribution in [-0.4, -0.2) is 9.97 Å². The van der Waals surface area contributed by atoms with Crippen molar-refractivity contribution in [1.82, 2.24) is 9.97 Å². The highest BCUT2D eigenvalue weighted by Gasteiger charge is 2.08. The lowest BCUT2D eigenvalue weighted by molar-refractivity contribution is 0.460. The number of aryl methyl sites for hydroxylation is 2. The first kappa shape index (κ1) is 12.1. The van der Waals surface area contributed by atoms with Crippen molar-refractivity contribution in [1.29, 1.82) is 0 Å². The van der Waals surface area contributed by atoms with E-state index in [0.717, 1.165) is 16.1 Å². The van der Waals surface area contributed by atoms with Crippen molar-refractivity contribution in [2.75, 3.05) is 0 Å². The van der Waals surface area contributed by atoms with Gasteiger partial charge < -0.3 is 4.74 Å². The molecule has 2 aromatic rings.